The third-order valence-electron chi connectivity index (χ3n) is 4.89. The molecule has 2 bridgehead atoms. The Morgan fingerprint density at radius 3 is 2.38 bits per heavy atom. The van der Waals surface area contributed by atoms with Crippen LogP contribution in [0.3, 0.4) is 0 Å². The van der Waals surface area contributed by atoms with Crippen LogP contribution in [0.2, 0.25) is 0 Å². The summed E-state index contributed by atoms with van der Waals surface area (Å²) in [5.41, 5.74) is 0.848. The van der Waals surface area contributed by atoms with Crippen molar-refractivity contribution in [3.8, 4) is 0 Å². The number of ether oxygens (including phenoxy) is 2. The molecule has 0 spiro atoms. The zero-order chi connectivity index (χ0) is 14.8. The molecule has 21 heavy (non-hydrogen) atoms. The van der Waals surface area contributed by atoms with Crippen molar-refractivity contribution < 1.29 is 14.3 Å². The molecule has 0 amide bonds. The first kappa shape index (κ1) is 14.5. The van der Waals surface area contributed by atoms with Gasteiger partial charge in [-0.2, -0.15) is 0 Å². The second-order valence-electron chi connectivity index (χ2n) is 6.11. The molecular weight excluding hydrogens is 266 g/mol. The number of carbonyl (C=O) groups excluding carboxylic acids is 1. The highest BCUT2D eigenvalue weighted by molar-refractivity contribution is 5.76. The average Bonchev–Trinajstić information content (AvgIpc) is 2.72. The van der Waals surface area contributed by atoms with E-state index in [0.717, 1.165) is 18.4 Å². The summed E-state index contributed by atoms with van der Waals surface area (Å²) in [7, 11) is 3.74. The molecule has 3 atom stereocenters. The fraction of sp³-hybridized carbons (Fsp3) is 0.588. The normalized spacial score (nSPS) is 30.1. The maximum atomic E-state index is 12.4. The lowest BCUT2D eigenvalue weighted by molar-refractivity contribution is -0.164. The summed E-state index contributed by atoms with van der Waals surface area (Å²) < 4.78 is 11.1. The number of hydrogen-bond acceptors (Lipinski definition) is 4. The van der Waals surface area contributed by atoms with Crippen molar-refractivity contribution in [3.05, 3.63) is 35.9 Å². The molecule has 3 rings (SSSR count). The Kier molecular flexibility index (Phi) is 4.27. The summed E-state index contributed by atoms with van der Waals surface area (Å²) in [4.78, 5) is 14.8. The van der Waals surface area contributed by atoms with E-state index < -0.39 is 6.10 Å². The second-order valence-corrected chi connectivity index (χ2v) is 6.11. The van der Waals surface area contributed by atoms with Crippen LogP contribution in [0.25, 0.3) is 0 Å². The zero-order valence-corrected chi connectivity index (χ0v) is 12.7. The fourth-order valence-corrected chi connectivity index (χ4v) is 3.68. The number of hydrogen-bond donors (Lipinski definition) is 0. The zero-order valence-electron chi connectivity index (χ0n) is 12.7. The Morgan fingerprint density at radius 1 is 1.19 bits per heavy atom. The summed E-state index contributed by atoms with van der Waals surface area (Å²) in [6.07, 6.45) is 3.76. The van der Waals surface area contributed by atoms with E-state index in [1.807, 2.05) is 30.3 Å². The number of benzene rings is 1. The van der Waals surface area contributed by atoms with Gasteiger partial charge in [-0.15, -0.1) is 0 Å². The highest BCUT2D eigenvalue weighted by atomic mass is 16.6. The third-order valence-corrected chi connectivity index (χ3v) is 4.89. The lowest BCUT2D eigenvalue weighted by Crippen LogP contribution is -2.43. The number of esters is 1. The molecule has 0 aliphatic carbocycles. The number of fused-ring (bicyclic) bond motifs is 2. The molecule has 1 aromatic carbocycles. The molecule has 2 fully saturated rings. The van der Waals surface area contributed by atoms with Gasteiger partial charge < -0.3 is 14.4 Å². The molecule has 2 aliphatic rings. The lowest BCUT2D eigenvalue weighted by Gasteiger charge is -2.36. The largest absolute Gasteiger partial charge is 0.460 e. The Bertz CT molecular complexity index is 476. The van der Waals surface area contributed by atoms with Crippen LogP contribution in [0.4, 0.5) is 0 Å². The monoisotopic (exact) mass is 289 g/mol. The summed E-state index contributed by atoms with van der Waals surface area (Å²) in [6.45, 7) is 0. The van der Waals surface area contributed by atoms with E-state index in [4.69, 9.17) is 9.47 Å². The van der Waals surface area contributed by atoms with Gasteiger partial charge in [0.25, 0.3) is 0 Å². The van der Waals surface area contributed by atoms with E-state index in [1.54, 1.807) is 7.11 Å². The van der Waals surface area contributed by atoms with Crippen molar-refractivity contribution in [2.24, 2.45) is 0 Å². The molecular formula is C17H23NO3. The predicted octanol–water partition coefficient (Wildman–Crippen LogP) is 2.54. The van der Waals surface area contributed by atoms with Crippen LogP contribution >= 0.6 is 0 Å². The van der Waals surface area contributed by atoms with Crippen molar-refractivity contribution in [1.82, 2.24) is 4.90 Å². The van der Waals surface area contributed by atoms with Crippen LogP contribution in [0.1, 0.15) is 37.4 Å². The smallest absolute Gasteiger partial charge is 0.340 e. The Hall–Kier alpha value is -1.39. The van der Waals surface area contributed by atoms with Gasteiger partial charge in [0.15, 0.2) is 6.10 Å². The second kappa shape index (κ2) is 6.16. The van der Waals surface area contributed by atoms with E-state index in [1.165, 1.54) is 12.8 Å². The molecule has 2 aliphatic heterocycles. The maximum absolute atomic E-state index is 12.4. The SMILES string of the molecule is COC(C(=O)OC1CC2CCC(C1)N2C)c1ccccc1. The lowest BCUT2D eigenvalue weighted by atomic mass is 10.0. The van der Waals surface area contributed by atoms with E-state index in [2.05, 4.69) is 11.9 Å². The van der Waals surface area contributed by atoms with Gasteiger partial charge in [-0.25, -0.2) is 4.79 Å². The minimum Gasteiger partial charge on any atom is -0.460 e. The van der Waals surface area contributed by atoms with Crippen molar-refractivity contribution in [3.63, 3.8) is 0 Å². The molecule has 4 heteroatoms. The minimum absolute atomic E-state index is 0.0348. The summed E-state index contributed by atoms with van der Waals surface area (Å²) >= 11 is 0. The molecule has 4 nitrogen and oxygen atoms in total. The summed E-state index contributed by atoms with van der Waals surface area (Å²) in [5, 5.41) is 0. The predicted molar refractivity (Wildman–Crippen MR) is 79.9 cm³/mol. The van der Waals surface area contributed by atoms with Gasteiger partial charge in [0, 0.05) is 19.2 Å². The average molecular weight is 289 g/mol. The Labute approximate surface area is 126 Å². The van der Waals surface area contributed by atoms with Crippen molar-refractivity contribution in [2.45, 2.75) is 50.0 Å². The number of rotatable bonds is 4. The number of carbonyl (C=O) groups is 1. The minimum atomic E-state index is -0.622. The first-order valence-electron chi connectivity index (χ1n) is 7.69. The molecule has 2 heterocycles. The molecule has 0 aromatic heterocycles. The van der Waals surface area contributed by atoms with Crippen molar-refractivity contribution in [1.29, 1.82) is 0 Å². The van der Waals surface area contributed by atoms with Crippen LogP contribution in [-0.4, -0.2) is 43.2 Å². The van der Waals surface area contributed by atoms with Gasteiger partial charge in [-0.3, -0.25) is 0 Å². The van der Waals surface area contributed by atoms with Gasteiger partial charge in [0.1, 0.15) is 6.10 Å². The highest BCUT2D eigenvalue weighted by Crippen LogP contribution is 2.36. The number of piperidine rings is 1. The molecule has 0 radical (unpaired) electrons. The molecule has 1 aromatic rings. The van der Waals surface area contributed by atoms with Gasteiger partial charge in [-0.1, -0.05) is 30.3 Å². The standard InChI is InChI=1S/C17H23NO3/c1-18-13-8-9-14(18)11-15(10-13)21-17(19)16(20-2)12-6-4-3-5-7-12/h3-7,13-16H,8-11H2,1-2H3. The van der Waals surface area contributed by atoms with Crippen LogP contribution in [0, 0.1) is 0 Å². The number of nitrogens with zero attached hydrogens (tertiary/aromatic N) is 1. The Balaban J connectivity index is 1.63. The van der Waals surface area contributed by atoms with Gasteiger partial charge in [0.05, 0.1) is 0 Å². The quantitative estimate of drug-likeness (QED) is 0.799. The molecule has 114 valence electrons. The molecule has 3 unspecified atom stereocenters. The van der Waals surface area contributed by atoms with Crippen molar-refractivity contribution >= 4 is 5.97 Å². The van der Waals surface area contributed by atoms with Crippen LogP contribution in [-0.2, 0) is 14.3 Å². The van der Waals surface area contributed by atoms with E-state index in [9.17, 15) is 4.79 Å². The van der Waals surface area contributed by atoms with Crippen LogP contribution in [0.5, 0.6) is 0 Å². The van der Waals surface area contributed by atoms with Crippen LogP contribution < -0.4 is 0 Å². The van der Waals surface area contributed by atoms with Crippen LogP contribution in [0.15, 0.2) is 30.3 Å². The first-order valence-corrected chi connectivity index (χ1v) is 7.69. The van der Waals surface area contributed by atoms with Crippen molar-refractivity contribution in [2.75, 3.05) is 14.2 Å². The maximum Gasteiger partial charge on any atom is 0.340 e. The highest BCUT2D eigenvalue weighted by Gasteiger charge is 2.40. The first-order chi connectivity index (χ1) is 10.2. The molecule has 0 N–H and O–H groups in total. The number of methoxy groups -OCH3 is 1. The van der Waals surface area contributed by atoms with Gasteiger partial charge in [-0.05, 0) is 38.3 Å². The third kappa shape index (κ3) is 2.97. The topological polar surface area (TPSA) is 38.8 Å². The van der Waals surface area contributed by atoms with Gasteiger partial charge in [0.2, 0.25) is 0 Å². The van der Waals surface area contributed by atoms with E-state index in [-0.39, 0.29) is 12.1 Å². The fourth-order valence-electron chi connectivity index (χ4n) is 3.68. The van der Waals surface area contributed by atoms with Gasteiger partial charge >= 0.3 is 5.97 Å². The molecule has 2 saturated heterocycles. The Morgan fingerprint density at radius 2 is 1.81 bits per heavy atom. The summed E-state index contributed by atoms with van der Waals surface area (Å²) in [5.74, 6) is -0.266. The molecule has 0 saturated carbocycles. The summed E-state index contributed by atoms with van der Waals surface area (Å²) in [6, 6.07) is 10.7. The van der Waals surface area contributed by atoms with E-state index in [0.29, 0.717) is 12.1 Å². The van der Waals surface area contributed by atoms with E-state index >= 15 is 0 Å².